The van der Waals surface area contributed by atoms with Crippen LogP contribution in [0.1, 0.15) is 30.0 Å². The molecule has 1 aromatic heterocycles. The van der Waals surface area contributed by atoms with Gasteiger partial charge in [-0.25, -0.2) is 4.79 Å². The van der Waals surface area contributed by atoms with Crippen molar-refractivity contribution in [2.75, 3.05) is 23.0 Å². The van der Waals surface area contributed by atoms with Gasteiger partial charge in [-0.1, -0.05) is 35.0 Å². The number of carbonyl (C=O) groups is 3. The largest absolute Gasteiger partial charge is 0.462 e. The van der Waals surface area contributed by atoms with E-state index in [2.05, 4.69) is 20.8 Å². The molecule has 2 amide bonds. The van der Waals surface area contributed by atoms with Crippen LogP contribution in [-0.4, -0.2) is 44.9 Å². The molecule has 12 heteroatoms. The van der Waals surface area contributed by atoms with E-state index in [1.807, 2.05) is 6.92 Å². The van der Waals surface area contributed by atoms with Crippen LogP contribution >= 0.6 is 35.0 Å². The predicted octanol–water partition coefficient (Wildman–Crippen LogP) is 4.69. The molecule has 2 aromatic carbocycles. The lowest BCUT2D eigenvalue weighted by Gasteiger charge is -2.09. The first-order valence-corrected chi connectivity index (χ1v) is 12.4. The van der Waals surface area contributed by atoms with Crippen LogP contribution in [-0.2, 0) is 27.3 Å². The van der Waals surface area contributed by atoms with Crippen molar-refractivity contribution in [3.8, 4) is 0 Å². The summed E-state index contributed by atoms with van der Waals surface area (Å²) in [4.78, 5) is 36.6. The Hall–Kier alpha value is -3.08. The predicted molar refractivity (Wildman–Crippen MR) is 136 cm³/mol. The number of aromatic nitrogens is 3. The van der Waals surface area contributed by atoms with E-state index in [1.165, 1.54) is 11.8 Å². The van der Waals surface area contributed by atoms with Crippen LogP contribution in [0.5, 0.6) is 0 Å². The topological polar surface area (TPSA) is 115 Å². The van der Waals surface area contributed by atoms with Gasteiger partial charge in [0.2, 0.25) is 11.8 Å². The number of thioether (sulfide) groups is 1. The molecule has 0 spiro atoms. The number of amides is 2. The van der Waals surface area contributed by atoms with E-state index in [9.17, 15) is 14.4 Å². The number of halogens is 2. The van der Waals surface area contributed by atoms with Gasteiger partial charge in [-0.3, -0.25) is 9.59 Å². The lowest BCUT2D eigenvalue weighted by atomic mass is 10.2. The van der Waals surface area contributed by atoms with Crippen LogP contribution in [0.25, 0.3) is 0 Å². The Balaban J connectivity index is 1.54. The lowest BCUT2D eigenvalue weighted by Crippen LogP contribution is -2.18. The van der Waals surface area contributed by atoms with Gasteiger partial charge in [-0.15, -0.1) is 10.2 Å². The van der Waals surface area contributed by atoms with Gasteiger partial charge in [0, 0.05) is 17.9 Å². The Morgan fingerprint density at radius 2 is 1.63 bits per heavy atom. The Morgan fingerprint density at radius 3 is 2.29 bits per heavy atom. The van der Waals surface area contributed by atoms with Gasteiger partial charge in [0.1, 0.15) is 5.82 Å². The molecule has 9 nitrogen and oxygen atoms in total. The summed E-state index contributed by atoms with van der Waals surface area (Å²) in [5.74, 6) is -0.383. The first-order valence-electron chi connectivity index (χ1n) is 10.7. The zero-order chi connectivity index (χ0) is 25.4. The van der Waals surface area contributed by atoms with E-state index in [-0.39, 0.29) is 24.0 Å². The van der Waals surface area contributed by atoms with Crippen LogP contribution < -0.4 is 10.6 Å². The summed E-state index contributed by atoms with van der Waals surface area (Å²) in [6.45, 7) is 4.46. The molecule has 0 radical (unpaired) electrons. The standard InChI is InChI=1S/C23H23Cl2N5O4S/c1-3-30-19(12-20(31)27-16-9-10-17(24)18(25)11-16)28-29-23(30)35-13-21(32)26-15-7-5-14(6-8-15)22(33)34-4-2/h5-11H,3-4,12-13H2,1-2H3,(H,26,32)(H,27,31). The highest BCUT2D eigenvalue weighted by atomic mass is 35.5. The van der Waals surface area contributed by atoms with Crippen molar-refractivity contribution >= 4 is 64.1 Å². The average molecular weight is 536 g/mol. The molecule has 0 aliphatic carbocycles. The highest BCUT2D eigenvalue weighted by Gasteiger charge is 2.16. The SMILES string of the molecule is CCOC(=O)c1ccc(NC(=O)CSc2nnc(CC(=O)Nc3ccc(Cl)c(Cl)c3)n2CC)cc1. The summed E-state index contributed by atoms with van der Waals surface area (Å²) >= 11 is 13.1. The molecular formula is C23H23Cl2N5O4S. The van der Waals surface area contributed by atoms with Gasteiger partial charge < -0.3 is 19.9 Å². The van der Waals surface area contributed by atoms with E-state index in [4.69, 9.17) is 27.9 Å². The van der Waals surface area contributed by atoms with Crippen LogP contribution in [0.3, 0.4) is 0 Å². The van der Waals surface area contributed by atoms with Crippen molar-refractivity contribution in [2.45, 2.75) is 32.0 Å². The minimum absolute atomic E-state index is 0.000651. The fourth-order valence-corrected chi connectivity index (χ4v) is 4.15. The van der Waals surface area contributed by atoms with Crippen LogP contribution in [0.15, 0.2) is 47.6 Å². The number of ether oxygens (including phenoxy) is 1. The van der Waals surface area contributed by atoms with Crippen molar-refractivity contribution < 1.29 is 19.1 Å². The molecule has 0 fully saturated rings. The summed E-state index contributed by atoms with van der Waals surface area (Å²) in [6.07, 6.45) is 0.000651. The highest BCUT2D eigenvalue weighted by Crippen LogP contribution is 2.25. The van der Waals surface area contributed by atoms with E-state index >= 15 is 0 Å². The molecule has 0 aliphatic heterocycles. The van der Waals surface area contributed by atoms with E-state index in [1.54, 1.807) is 54.0 Å². The second kappa shape index (κ2) is 12.6. The van der Waals surface area contributed by atoms with Crippen molar-refractivity contribution in [1.29, 1.82) is 0 Å². The first kappa shape index (κ1) is 26.5. The summed E-state index contributed by atoms with van der Waals surface area (Å²) in [7, 11) is 0. The Bertz CT molecular complexity index is 1220. The zero-order valence-electron chi connectivity index (χ0n) is 19.0. The molecule has 3 rings (SSSR count). The lowest BCUT2D eigenvalue weighted by molar-refractivity contribution is -0.116. The van der Waals surface area contributed by atoms with Gasteiger partial charge in [0.05, 0.1) is 34.4 Å². The number of esters is 1. The Kier molecular flexibility index (Phi) is 9.53. The summed E-state index contributed by atoms with van der Waals surface area (Å²) in [5, 5.41) is 15.0. The summed E-state index contributed by atoms with van der Waals surface area (Å²) < 4.78 is 6.72. The third-order valence-electron chi connectivity index (χ3n) is 4.64. The van der Waals surface area contributed by atoms with Crippen LogP contribution in [0.4, 0.5) is 11.4 Å². The van der Waals surface area contributed by atoms with Crippen molar-refractivity contribution in [2.24, 2.45) is 0 Å². The molecular weight excluding hydrogens is 513 g/mol. The quantitative estimate of drug-likeness (QED) is 0.285. The number of hydrogen-bond acceptors (Lipinski definition) is 7. The molecule has 3 aromatic rings. The molecule has 184 valence electrons. The third-order valence-corrected chi connectivity index (χ3v) is 6.35. The van der Waals surface area contributed by atoms with Crippen molar-refractivity contribution in [3.63, 3.8) is 0 Å². The number of carbonyl (C=O) groups excluding carboxylic acids is 3. The summed E-state index contributed by atoms with van der Waals surface area (Å²) in [5.41, 5.74) is 1.49. The van der Waals surface area contributed by atoms with Gasteiger partial charge in [-0.2, -0.15) is 0 Å². The molecule has 0 bridgehead atoms. The number of hydrogen-bond donors (Lipinski definition) is 2. The van der Waals surface area contributed by atoms with Gasteiger partial charge in [0.25, 0.3) is 0 Å². The molecule has 0 unspecified atom stereocenters. The number of anilines is 2. The molecule has 0 saturated heterocycles. The maximum absolute atomic E-state index is 12.5. The third kappa shape index (κ3) is 7.45. The van der Waals surface area contributed by atoms with E-state index < -0.39 is 5.97 Å². The maximum atomic E-state index is 12.5. The number of benzene rings is 2. The summed E-state index contributed by atoms with van der Waals surface area (Å²) in [6, 6.07) is 11.3. The van der Waals surface area contributed by atoms with E-state index in [0.717, 1.165) is 0 Å². The smallest absolute Gasteiger partial charge is 0.338 e. The maximum Gasteiger partial charge on any atom is 0.338 e. The zero-order valence-corrected chi connectivity index (χ0v) is 21.3. The van der Waals surface area contributed by atoms with Gasteiger partial charge in [-0.05, 0) is 56.3 Å². The number of rotatable bonds is 10. The molecule has 0 aliphatic rings. The highest BCUT2D eigenvalue weighted by molar-refractivity contribution is 7.99. The van der Waals surface area contributed by atoms with Crippen molar-refractivity contribution in [1.82, 2.24) is 14.8 Å². The number of nitrogens with one attached hydrogen (secondary N) is 2. The average Bonchev–Trinajstić information content (AvgIpc) is 3.21. The minimum Gasteiger partial charge on any atom is -0.462 e. The second-order valence-electron chi connectivity index (χ2n) is 7.13. The van der Waals surface area contributed by atoms with Crippen molar-refractivity contribution in [3.05, 3.63) is 63.9 Å². The van der Waals surface area contributed by atoms with Crippen LogP contribution in [0, 0.1) is 0 Å². The number of nitrogens with zero attached hydrogens (tertiary/aromatic N) is 3. The van der Waals surface area contributed by atoms with Gasteiger partial charge in [0.15, 0.2) is 5.16 Å². The molecule has 0 saturated carbocycles. The first-order chi connectivity index (χ1) is 16.8. The molecule has 2 N–H and O–H groups in total. The van der Waals surface area contributed by atoms with E-state index in [0.29, 0.717) is 51.1 Å². The molecule has 35 heavy (non-hydrogen) atoms. The Labute approximate surface area is 216 Å². The fourth-order valence-electron chi connectivity index (χ4n) is 3.03. The monoisotopic (exact) mass is 535 g/mol. The minimum atomic E-state index is -0.415. The van der Waals surface area contributed by atoms with Gasteiger partial charge >= 0.3 is 5.97 Å². The fraction of sp³-hybridized carbons (Fsp3) is 0.261. The Morgan fingerprint density at radius 1 is 0.943 bits per heavy atom. The molecule has 1 heterocycles. The molecule has 0 atom stereocenters. The van der Waals surface area contributed by atoms with Crippen LogP contribution in [0.2, 0.25) is 10.0 Å². The normalized spacial score (nSPS) is 10.6. The second-order valence-corrected chi connectivity index (χ2v) is 8.89.